The third kappa shape index (κ3) is 3.81. The second-order valence-corrected chi connectivity index (χ2v) is 4.57. The smallest absolute Gasteiger partial charge is 0.255 e. The van der Waals surface area contributed by atoms with Crippen molar-refractivity contribution in [3.63, 3.8) is 0 Å². The van der Waals surface area contributed by atoms with Crippen molar-refractivity contribution in [1.29, 1.82) is 0 Å². The van der Waals surface area contributed by atoms with Gasteiger partial charge in [-0.05, 0) is 42.3 Å². The summed E-state index contributed by atoms with van der Waals surface area (Å²) in [4.78, 5) is 12.0. The van der Waals surface area contributed by atoms with Crippen LogP contribution in [0.4, 0.5) is 5.69 Å². The lowest BCUT2D eigenvalue weighted by Gasteiger charge is -2.06. The lowest BCUT2D eigenvalue weighted by Crippen LogP contribution is -2.11. The molecule has 0 aliphatic heterocycles. The molecule has 3 nitrogen and oxygen atoms in total. The molecule has 0 fully saturated rings. The van der Waals surface area contributed by atoms with Crippen molar-refractivity contribution >= 4 is 23.2 Å². The second kappa shape index (κ2) is 6.36. The fourth-order valence-corrected chi connectivity index (χ4v) is 1.91. The first-order valence-electron chi connectivity index (χ1n) is 5.96. The SMILES string of the molecule is O=C(Nc1ccc(CCO)cc1)c1cccc(Cl)c1. The summed E-state index contributed by atoms with van der Waals surface area (Å²) in [5, 5.41) is 12.2. The topological polar surface area (TPSA) is 49.3 Å². The normalized spacial score (nSPS) is 10.2. The average Bonchev–Trinajstić information content (AvgIpc) is 2.41. The summed E-state index contributed by atoms with van der Waals surface area (Å²) in [6.07, 6.45) is 0.614. The highest BCUT2D eigenvalue weighted by Crippen LogP contribution is 2.14. The molecule has 1 amide bonds. The summed E-state index contributed by atoms with van der Waals surface area (Å²) in [6, 6.07) is 14.2. The molecule has 0 unspecified atom stereocenters. The molecule has 2 aromatic rings. The summed E-state index contributed by atoms with van der Waals surface area (Å²) in [5.74, 6) is -0.197. The Hall–Kier alpha value is -1.84. The van der Waals surface area contributed by atoms with Crippen molar-refractivity contribution in [1.82, 2.24) is 0 Å². The maximum atomic E-state index is 12.0. The minimum atomic E-state index is -0.197. The molecule has 0 aliphatic rings. The Kier molecular flexibility index (Phi) is 4.55. The van der Waals surface area contributed by atoms with Gasteiger partial charge < -0.3 is 10.4 Å². The Morgan fingerprint density at radius 2 is 1.89 bits per heavy atom. The molecule has 2 N–H and O–H groups in total. The number of halogens is 1. The summed E-state index contributed by atoms with van der Waals surface area (Å²) in [6.45, 7) is 0.119. The number of aliphatic hydroxyl groups is 1. The molecule has 0 saturated carbocycles. The van der Waals surface area contributed by atoms with Gasteiger partial charge in [-0.3, -0.25) is 4.79 Å². The van der Waals surface area contributed by atoms with Crippen LogP contribution in [-0.4, -0.2) is 17.6 Å². The molecule has 0 radical (unpaired) electrons. The van der Waals surface area contributed by atoms with Crippen LogP contribution in [0.1, 0.15) is 15.9 Å². The molecule has 2 rings (SSSR count). The first kappa shape index (κ1) is 13.6. The quantitative estimate of drug-likeness (QED) is 0.901. The number of nitrogens with one attached hydrogen (secondary N) is 1. The third-order valence-corrected chi connectivity index (χ3v) is 2.93. The number of carbonyl (C=O) groups is 1. The molecule has 0 aliphatic carbocycles. The highest BCUT2D eigenvalue weighted by Gasteiger charge is 2.06. The van der Waals surface area contributed by atoms with Gasteiger partial charge in [0.2, 0.25) is 0 Å². The molecule has 4 heteroatoms. The largest absolute Gasteiger partial charge is 0.396 e. The highest BCUT2D eigenvalue weighted by molar-refractivity contribution is 6.31. The van der Waals surface area contributed by atoms with Crippen molar-refractivity contribution in [2.75, 3.05) is 11.9 Å². The van der Waals surface area contributed by atoms with E-state index in [1.807, 2.05) is 24.3 Å². The summed E-state index contributed by atoms with van der Waals surface area (Å²) in [5.41, 5.74) is 2.27. The monoisotopic (exact) mass is 275 g/mol. The zero-order valence-corrected chi connectivity index (χ0v) is 11.0. The number of hydrogen-bond donors (Lipinski definition) is 2. The second-order valence-electron chi connectivity index (χ2n) is 4.14. The molecule has 98 valence electrons. The van der Waals surface area contributed by atoms with Crippen molar-refractivity contribution < 1.29 is 9.90 Å². The summed E-state index contributed by atoms with van der Waals surface area (Å²) >= 11 is 5.84. The van der Waals surface area contributed by atoms with Gasteiger partial charge in [-0.2, -0.15) is 0 Å². The number of benzene rings is 2. The number of carbonyl (C=O) groups excluding carboxylic acids is 1. The van der Waals surface area contributed by atoms with Crippen LogP contribution in [0.5, 0.6) is 0 Å². The van der Waals surface area contributed by atoms with Gasteiger partial charge in [-0.25, -0.2) is 0 Å². The Bertz CT molecular complexity index is 567. The Balaban J connectivity index is 2.06. The minimum absolute atomic E-state index is 0.119. The predicted octanol–water partition coefficient (Wildman–Crippen LogP) is 3.13. The van der Waals surface area contributed by atoms with Gasteiger partial charge in [0.25, 0.3) is 5.91 Å². The van der Waals surface area contributed by atoms with Crippen molar-refractivity contribution in [3.05, 3.63) is 64.7 Å². The number of hydrogen-bond acceptors (Lipinski definition) is 2. The molecule has 0 saturated heterocycles. The van der Waals surface area contributed by atoms with E-state index in [0.717, 1.165) is 5.56 Å². The standard InChI is InChI=1S/C15H14ClNO2/c16-13-3-1-2-12(10-13)15(19)17-14-6-4-11(5-7-14)8-9-18/h1-7,10,18H,8-9H2,(H,17,19). The van der Waals surface area contributed by atoms with E-state index in [1.54, 1.807) is 24.3 Å². The van der Waals surface area contributed by atoms with Crippen LogP contribution in [0.2, 0.25) is 5.02 Å². The predicted molar refractivity (Wildman–Crippen MR) is 76.6 cm³/mol. The Labute approximate surface area is 116 Å². The van der Waals surface area contributed by atoms with E-state index in [-0.39, 0.29) is 12.5 Å². The maximum Gasteiger partial charge on any atom is 0.255 e. The Morgan fingerprint density at radius 3 is 2.53 bits per heavy atom. The van der Waals surface area contributed by atoms with Gasteiger partial charge in [-0.1, -0.05) is 29.8 Å². The van der Waals surface area contributed by atoms with E-state index >= 15 is 0 Å². The third-order valence-electron chi connectivity index (χ3n) is 2.70. The summed E-state index contributed by atoms with van der Waals surface area (Å²) in [7, 11) is 0. The van der Waals surface area contributed by atoms with Crippen molar-refractivity contribution in [3.8, 4) is 0 Å². The molecule has 0 spiro atoms. The lowest BCUT2D eigenvalue weighted by molar-refractivity contribution is 0.102. The van der Waals surface area contributed by atoms with Gasteiger partial charge in [-0.15, -0.1) is 0 Å². The van der Waals surface area contributed by atoms with Gasteiger partial charge in [0.05, 0.1) is 0 Å². The molecular weight excluding hydrogens is 262 g/mol. The van der Waals surface area contributed by atoms with Crippen LogP contribution in [0.15, 0.2) is 48.5 Å². The lowest BCUT2D eigenvalue weighted by atomic mass is 10.1. The molecule has 0 bridgehead atoms. The first-order valence-corrected chi connectivity index (χ1v) is 6.33. The molecule has 0 atom stereocenters. The van der Waals surface area contributed by atoms with E-state index in [4.69, 9.17) is 16.7 Å². The number of rotatable bonds is 4. The first-order chi connectivity index (χ1) is 9.19. The minimum Gasteiger partial charge on any atom is -0.396 e. The van der Waals surface area contributed by atoms with Gasteiger partial charge in [0.1, 0.15) is 0 Å². The number of aliphatic hydroxyl groups excluding tert-OH is 1. The van der Waals surface area contributed by atoms with Gasteiger partial charge in [0.15, 0.2) is 0 Å². The van der Waals surface area contributed by atoms with E-state index in [0.29, 0.717) is 22.7 Å². The molecule has 2 aromatic carbocycles. The molecule has 0 aromatic heterocycles. The average molecular weight is 276 g/mol. The fraction of sp³-hybridized carbons (Fsp3) is 0.133. The van der Waals surface area contributed by atoms with E-state index in [2.05, 4.69) is 5.32 Å². The molecule has 19 heavy (non-hydrogen) atoms. The molecule has 0 heterocycles. The van der Waals surface area contributed by atoms with Crippen LogP contribution in [0, 0.1) is 0 Å². The Morgan fingerprint density at radius 1 is 1.16 bits per heavy atom. The zero-order chi connectivity index (χ0) is 13.7. The van der Waals surface area contributed by atoms with E-state index in [1.165, 1.54) is 0 Å². The van der Waals surface area contributed by atoms with E-state index < -0.39 is 0 Å². The van der Waals surface area contributed by atoms with Crippen molar-refractivity contribution in [2.45, 2.75) is 6.42 Å². The van der Waals surface area contributed by atoms with Crippen LogP contribution >= 0.6 is 11.6 Å². The van der Waals surface area contributed by atoms with Crippen LogP contribution in [-0.2, 0) is 6.42 Å². The number of amides is 1. The van der Waals surface area contributed by atoms with Crippen LogP contribution < -0.4 is 5.32 Å². The van der Waals surface area contributed by atoms with Gasteiger partial charge in [0, 0.05) is 22.9 Å². The molecular formula is C15H14ClNO2. The van der Waals surface area contributed by atoms with Crippen LogP contribution in [0.25, 0.3) is 0 Å². The number of anilines is 1. The van der Waals surface area contributed by atoms with Crippen LogP contribution in [0.3, 0.4) is 0 Å². The highest BCUT2D eigenvalue weighted by atomic mass is 35.5. The fourth-order valence-electron chi connectivity index (χ4n) is 1.72. The van der Waals surface area contributed by atoms with Crippen molar-refractivity contribution in [2.24, 2.45) is 0 Å². The maximum absolute atomic E-state index is 12.0. The zero-order valence-electron chi connectivity index (χ0n) is 10.3. The summed E-state index contributed by atoms with van der Waals surface area (Å²) < 4.78 is 0. The van der Waals surface area contributed by atoms with E-state index in [9.17, 15) is 4.79 Å². The van der Waals surface area contributed by atoms with Gasteiger partial charge >= 0.3 is 0 Å².